The van der Waals surface area contributed by atoms with Crippen molar-refractivity contribution in [3.63, 3.8) is 0 Å². The molecule has 0 saturated carbocycles. The van der Waals surface area contributed by atoms with Gasteiger partial charge in [0.2, 0.25) is 6.19 Å². The summed E-state index contributed by atoms with van der Waals surface area (Å²) in [6.45, 7) is 0. The van der Waals surface area contributed by atoms with Crippen molar-refractivity contribution in [2.45, 2.75) is 0 Å². The minimum atomic E-state index is 1.31. The van der Waals surface area contributed by atoms with Crippen LogP contribution < -0.4 is 5.84 Å². The Bertz CT molecular complexity index is 1740. The van der Waals surface area contributed by atoms with E-state index in [1.165, 1.54) is 6.19 Å². The van der Waals surface area contributed by atoms with E-state index in [-0.39, 0.29) is 0 Å². The molecule has 0 aliphatic rings. The van der Waals surface area contributed by atoms with Crippen LogP contribution in [-0.4, -0.2) is 0 Å². The molecule has 266 valence electrons. The quantitative estimate of drug-likeness (QED) is 0.0439. The molecule has 0 aliphatic heterocycles. The molecule has 0 spiro atoms. The third kappa shape index (κ3) is 41.3. The molecule has 53 heavy (non-hydrogen) atoms. The van der Waals surface area contributed by atoms with Gasteiger partial charge in [0.15, 0.2) is 0 Å². The first-order valence-electron chi connectivity index (χ1n) is 10.5. The van der Waals surface area contributed by atoms with Crippen LogP contribution in [0, 0.1) is 11.5 Å². The molecule has 0 bridgehead atoms. The van der Waals surface area contributed by atoms with Crippen LogP contribution in [0.5, 0.6) is 0 Å². The Balaban J connectivity index is 4.06. The Morgan fingerprint density at radius 1 is 0.189 bits per heavy atom. The maximum absolute atomic E-state index is 8.00. The second-order valence-electron chi connectivity index (χ2n) is 4.61. The van der Waals surface area contributed by atoms with Gasteiger partial charge in [-0.3, -0.25) is 0 Å². The lowest BCUT2D eigenvalue weighted by Crippen LogP contribution is -1.70. The number of rotatable bonds is 24. The van der Waals surface area contributed by atoms with E-state index in [2.05, 4.69) is 267 Å². The maximum atomic E-state index is 8.00. The third-order valence-corrected chi connectivity index (χ3v) is 2.02. The highest BCUT2D eigenvalue weighted by molar-refractivity contribution is 4.56. The fraction of sp³-hybridized carbons (Fsp3) is 0. The van der Waals surface area contributed by atoms with E-state index in [1.807, 2.05) is 0 Å². The van der Waals surface area contributed by atoms with Crippen LogP contribution in [0.2, 0.25) is 0 Å². The van der Waals surface area contributed by atoms with Crippen LogP contribution in [0.25, 0.3) is 0 Å². The van der Waals surface area contributed by atoms with Crippen LogP contribution >= 0.6 is 0 Å². The van der Waals surface area contributed by atoms with Crippen molar-refractivity contribution in [2.75, 3.05) is 0 Å². The second kappa shape index (κ2) is 41.3. The maximum Gasteiger partial charge on any atom is 0.227 e. The predicted molar refractivity (Wildman–Crippen MR) is 131 cm³/mol. The summed E-state index contributed by atoms with van der Waals surface area (Å²) in [6, 6.07) is 0. The smallest absolute Gasteiger partial charge is 0.227 e. The summed E-state index contributed by atoms with van der Waals surface area (Å²) in [4.78, 5) is 0. The van der Waals surface area contributed by atoms with Gasteiger partial charge in [-0.15, -0.1) is 0 Å². The van der Waals surface area contributed by atoms with E-state index < -0.39 is 0 Å². The lowest BCUT2D eigenvalue weighted by Gasteiger charge is -1.70. The molecule has 0 heterocycles. The topological polar surface area (TPSA) is 668 Å². The first-order chi connectivity index (χ1) is 26.4. The number of hydrogen-bond donors (Lipinski definition) is 1. The van der Waals surface area contributed by atoms with Crippen LogP contribution in [0.1, 0.15) is 0 Å². The highest BCUT2D eigenvalue weighted by atomic mass is 15.8. The van der Waals surface area contributed by atoms with Crippen LogP contribution in [0.15, 0.2) is 261 Å². The van der Waals surface area contributed by atoms with Gasteiger partial charge in [-0.05, 0) is 83.5 Å². The Kier molecular flexibility index (Phi) is 32.9. The molecule has 0 fully saturated rings. The number of nitriles is 1. The Hall–Kier alpha value is -10.7. The van der Waals surface area contributed by atoms with Crippen molar-refractivity contribution >= 4 is 0 Å². The summed E-state index contributed by atoms with van der Waals surface area (Å²) < 4.78 is 0. The highest BCUT2D eigenvalue weighted by Crippen LogP contribution is 1.93. The largest absolute Gasteiger partial charge is 0.303 e. The zero-order valence-electron chi connectivity index (χ0n) is 23.9. The minimum absolute atomic E-state index is 1.31. The fourth-order valence-corrected chi connectivity index (χ4v) is 0.886. The van der Waals surface area contributed by atoms with Crippen molar-refractivity contribution in [1.29, 1.82) is 5.26 Å². The van der Waals surface area contributed by atoms with E-state index in [4.69, 9.17) is 5.26 Å². The average molecular weight is 742 g/mol. The third-order valence-electron chi connectivity index (χ3n) is 2.02. The molecule has 52 heteroatoms. The van der Waals surface area contributed by atoms with Crippen LogP contribution in [0.4, 0.5) is 0 Å². The van der Waals surface area contributed by atoms with Crippen molar-refractivity contribution < 1.29 is 0 Å². The van der Waals surface area contributed by atoms with Gasteiger partial charge >= 0.3 is 0 Å². The highest BCUT2D eigenvalue weighted by Gasteiger charge is 1.75. The molecule has 0 aromatic heterocycles. The summed E-state index contributed by atoms with van der Waals surface area (Å²) in [5, 5.41) is 157. The average Bonchev–Trinajstić information content (AvgIpc) is 3.17. The number of nitrogens with zero attached hydrogens (tertiary/aromatic N) is 51. The SMILES string of the molecule is N#CN=N/N=N/N=N/N=N/N=N/N=N/N=N/N=N/N=N/N=N/N=N/N=N/N=N/N=N/N=N/N=N/N=N/N=N/N=N/N=N/N=N/N=N/N=N/N=N/N=N/N. The van der Waals surface area contributed by atoms with Gasteiger partial charge in [0.05, 0.1) is 0 Å². The molecule has 0 aliphatic carbocycles. The van der Waals surface area contributed by atoms with Gasteiger partial charge in [0.1, 0.15) is 0 Å². The molecule has 0 unspecified atom stereocenters. The van der Waals surface area contributed by atoms with Crippen LogP contribution in [0.3, 0.4) is 0 Å². The molecule has 0 amide bonds. The first kappa shape index (κ1) is 42.3. The summed E-state index contributed by atoms with van der Waals surface area (Å²) in [5.74, 6) is 4.63. The first-order valence-corrected chi connectivity index (χ1v) is 10.5. The summed E-state index contributed by atoms with van der Waals surface area (Å²) in [5.41, 5.74) is 0. The summed E-state index contributed by atoms with van der Waals surface area (Å²) >= 11 is 0. The molecule has 0 rings (SSSR count). The molecule has 2 N–H and O–H groups in total. The number of nitrogens with two attached hydrogens (primary N) is 1. The van der Waals surface area contributed by atoms with E-state index >= 15 is 0 Å². The molecule has 0 aromatic rings. The normalized spacial score (nSPS) is 15.2. The Morgan fingerprint density at radius 2 is 0.302 bits per heavy atom. The van der Waals surface area contributed by atoms with E-state index in [9.17, 15) is 0 Å². The van der Waals surface area contributed by atoms with Gasteiger partial charge in [-0.25, -0.2) is 0 Å². The van der Waals surface area contributed by atoms with E-state index in [1.54, 1.807) is 0 Å². The standard InChI is InChI=1S/CH2N52/c2-1-4-6-8-10-12-14-16-18-20-22-24-26-28-30-32-34-36-38-40-42-44-46-48-50-52-53-51-49-47-45-43-41-39-37-35-33-31-29-27-25-23-21-19-17-15-13-11-9-7-5-3/h(H2,3,4,7,8,11,12,15,16,19,20,23,24,27,28,31,32,35,36,39,40,43,44,47,48,51,52). The van der Waals surface area contributed by atoms with Crippen molar-refractivity contribution in [3.8, 4) is 6.19 Å². The lowest BCUT2D eigenvalue weighted by atomic mass is 11.5. The van der Waals surface area contributed by atoms with Gasteiger partial charge in [-0.1, -0.05) is 5.22 Å². The van der Waals surface area contributed by atoms with Crippen molar-refractivity contribution in [2.24, 2.45) is 267 Å². The van der Waals surface area contributed by atoms with Gasteiger partial charge in [0, 0.05) is 172 Å². The molecule has 0 aromatic carbocycles. The minimum Gasteiger partial charge on any atom is -0.303 e. The zero-order valence-corrected chi connectivity index (χ0v) is 23.9. The molecule has 0 saturated heterocycles. The Morgan fingerprint density at radius 3 is 0.415 bits per heavy atom. The van der Waals surface area contributed by atoms with Crippen molar-refractivity contribution in [1.82, 2.24) is 0 Å². The molecule has 0 atom stereocenters. The van der Waals surface area contributed by atoms with E-state index in [0.29, 0.717) is 0 Å². The molecule has 0 radical (unpaired) electrons. The van der Waals surface area contributed by atoms with Gasteiger partial charge in [-0.2, -0.15) is 5.26 Å². The zero-order chi connectivity index (χ0) is 38.1. The lowest BCUT2D eigenvalue weighted by molar-refractivity contribution is 0.725. The second-order valence-corrected chi connectivity index (χ2v) is 4.61. The van der Waals surface area contributed by atoms with E-state index in [0.717, 1.165) is 0 Å². The molecular formula is CH2N52. The summed E-state index contributed by atoms with van der Waals surface area (Å²) in [7, 11) is 0. The Labute approximate surface area is 279 Å². The van der Waals surface area contributed by atoms with Crippen LogP contribution in [-0.2, 0) is 0 Å². The van der Waals surface area contributed by atoms with Gasteiger partial charge in [0.25, 0.3) is 0 Å². The summed E-state index contributed by atoms with van der Waals surface area (Å²) in [6.07, 6.45) is 1.31. The van der Waals surface area contributed by atoms with Crippen molar-refractivity contribution in [3.05, 3.63) is 0 Å². The fourth-order valence-electron chi connectivity index (χ4n) is 0.886. The predicted octanol–water partition coefficient (Wildman–Crippen LogP) is 8.61. The van der Waals surface area contributed by atoms with Gasteiger partial charge < -0.3 is 5.84 Å². The molecule has 52 nitrogen and oxygen atoms in total. The number of hydrogen-bond acceptors (Lipinski definition) is 3. The molecular weight excluding hydrogens is 740 g/mol. The monoisotopic (exact) mass is 742 g/mol.